The number of hydrogen-bond donors (Lipinski definition) is 1. The minimum atomic E-state index is -0.314. The summed E-state index contributed by atoms with van der Waals surface area (Å²) >= 11 is 0. The molecule has 0 spiro atoms. The maximum absolute atomic E-state index is 9.45. The Hall–Kier alpha value is -0.590. The van der Waals surface area contributed by atoms with Crippen molar-refractivity contribution in [3.05, 3.63) is 0 Å². The Morgan fingerprint density at radius 1 is 1.30 bits per heavy atom. The average molecular weight is 279 g/mol. The van der Waals surface area contributed by atoms with Crippen molar-refractivity contribution >= 4 is 0 Å². The van der Waals surface area contributed by atoms with E-state index >= 15 is 0 Å². The molecule has 1 heterocycles. The molecule has 1 N–H and O–H groups in total. The van der Waals surface area contributed by atoms with Crippen LogP contribution in [0.15, 0.2) is 0 Å². The molecule has 0 aromatic carbocycles. The standard InChI is InChI=1S/C17H33N3/c1-6-17(13-18,19-7-2)9-8-10-20-12-14(3)11-15(4)16(20)5/h14-16,19H,6-12H2,1-5H3. The van der Waals surface area contributed by atoms with E-state index in [0.717, 1.165) is 44.2 Å². The Labute approximate surface area is 125 Å². The topological polar surface area (TPSA) is 39.1 Å². The van der Waals surface area contributed by atoms with Gasteiger partial charge in [-0.3, -0.25) is 5.32 Å². The highest BCUT2D eigenvalue weighted by atomic mass is 15.2. The van der Waals surface area contributed by atoms with Gasteiger partial charge in [0.25, 0.3) is 0 Å². The SMILES string of the molecule is CCNC(C#N)(CC)CCCN1CC(C)CC(C)C1C. The highest BCUT2D eigenvalue weighted by Gasteiger charge is 2.30. The minimum Gasteiger partial charge on any atom is -0.300 e. The van der Waals surface area contributed by atoms with Gasteiger partial charge in [0.15, 0.2) is 0 Å². The Balaban J connectivity index is 2.48. The molecular weight excluding hydrogens is 246 g/mol. The summed E-state index contributed by atoms with van der Waals surface area (Å²) in [6, 6.07) is 3.19. The van der Waals surface area contributed by atoms with Gasteiger partial charge in [0.1, 0.15) is 5.54 Å². The molecule has 1 fully saturated rings. The lowest BCUT2D eigenvalue weighted by Crippen LogP contribution is -2.47. The molecule has 1 aliphatic rings. The number of nitrogens with one attached hydrogen (secondary N) is 1. The molecule has 1 saturated heterocycles. The molecule has 0 saturated carbocycles. The van der Waals surface area contributed by atoms with Crippen molar-refractivity contribution in [1.82, 2.24) is 10.2 Å². The summed E-state index contributed by atoms with van der Waals surface area (Å²) in [6.07, 6.45) is 4.31. The number of likely N-dealkylation sites (tertiary alicyclic amines) is 1. The fraction of sp³-hybridized carbons (Fsp3) is 0.941. The normalized spacial score (nSPS) is 30.7. The summed E-state index contributed by atoms with van der Waals surface area (Å²) in [5.74, 6) is 1.60. The Morgan fingerprint density at radius 2 is 2.00 bits per heavy atom. The molecule has 3 nitrogen and oxygen atoms in total. The van der Waals surface area contributed by atoms with Crippen LogP contribution in [0.4, 0.5) is 0 Å². The van der Waals surface area contributed by atoms with Crippen LogP contribution >= 0.6 is 0 Å². The minimum absolute atomic E-state index is 0.314. The quantitative estimate of drug-likeness (QED) is 0.776. The molecule has 0 radical (unpaired) electrons. The van der Waals surface area contributed by atoms with Crippen molar-refractivity contribution in [1.29, 1.82) is 5.26 Å². The summed E-state index contributed by atoms with van der Waals surface area (Å²) in [6.45, 7) is 14.5. The molecule has 4 atom stereocenters. The van der Waals surface area contributed by atoms with Crippen LogP contribution in [0.2, 0.25) is 0 Å². The third kappa shape index (κ3) is 4.46. The predicted octanol–water partition coefficient (Wildman–Crippen LogP) is 3.41. The van der Waals surface area contributed by atoms with Crippen molar-refractivity contribution in [3.63, 3.8) is 0 Å². The first kappa shape index (κ1) is 17.5. The van der Waals surface area contributed by atoms with Crippen LogP contribution in [-0.4, -0.2) is 36.1 Å². The van der Waals surface area contributed by atoms with Crippen LogP contribution in [0.25, 0.3) is 0 Å². The molecule has 1 aliphatic heterocycles. The van der Waals surface area contributed by atoms with Crippen molar-refractivity contribution < 1.29 is 0 Å². The summed E-state index contributed by atoms with van der Waals surface area (Å²) in [7, 11) is 0. The number of piperidine rings is 1. The van der Waals surface area contributed by atoms with E-state index in [1.54, 1.807) is 0 Å². The maximum atomic E-state index is 9.45. The number of nitrogens with zero attached hydrogens (tertiary/aromatic N) is 2. The summed E-state index contributed by atoms with van der Waals surface area (Å²) in [5, 5.41) is 12.8. The van der Waals surface area contributed by atoms with E-state index in [-0.39, 0.29) is 5.54 Å². The largest absolute Gasteiger partial charge is 0.300 e. The van der Waals surface area contributed by atoms with Crippen molar-refractivity contribution in [2.45, 2.75) is 71.9 Å². The first-order chi connectivity index (χ1) is 9.48. The van der Waals surface area contributed by atoms with Gasteiger partial charge in [-0.1, -0.05) is 27.7 Å². The molecule has 20 heavy (non-hydrogen) atoms. The van der Waals surface area contributed by atoms with E-state index in [1.807, 2.05) is 0 Å². The van der Waals surface area contributed by atoms with Crippen LogP contribution in [0, 0.1) is 23.2 Å². The van der Waals surface area contributed by atoms with Crippen molar-refractivity contribution in [2.75, 3.05) is 19.6 Å². The number of rotatable bonds is 7. The summed E-state index contributed by atoms with van der Waals surface area (Å²) in [4.78, 5) is 2.63. The van der Waals surface area contributed by atoms with Gasteiger partial charge in [0.05, 0.1) is 6.07 Å². The second-order valence-electron chi connectivity index (χ2n) is 6.74. The van der Waals surface area contributed by atoms with Gasteiger partial charge in [-0.15, -0.1) is 0 Å². The predicted molar refractivity (Wildman–Crippen MR) is 85.5 cm³/mol. The Morgan fingerprint density at radius 3 is 2.55 bits per heavy atom. The molecule has 0 amide bonds. The summed E-state index contributed by atoms with van der Waals surface area (Å²) in [5.41, 5.74) is -0.314. The van der Waals surface area contributed by atoms with E-state index in [9.17, 15) is 5.26 Å². The number of hydrogen-bond acceptors (Lipinski definition) is 3. The molecule has 3 heteroatoms. The second kappa shape index (κ2) is 8.00. The van der Waals surface area contributed by atoms with Gasteiger partial charge in [-0.2, -0.15) is 5.26 Å². The van der Waals surface area contributed by atoms with E-state index in [0.29, 0.717) is 6.04 Å². The van der Waals surface area contributed by atoms with Crippen LogP contribution < -0.4 is 5.32 Å². The molecule has 1 rings (SSSR count). The Kier molecular flexibility index (Phi) is 6.99. The van der Waals surface area contributed by atoms with E-state index in [2.05, 4.69) is 50.9 Å². The number of nitriles is 1. The highest BCUT2D eigenvalue weighted by Crippen LogP contribution is 2.27. The molecule has 0 aromatic heterocycles. The fourth-order valence-corrected chi connectivity index (χ4v) is 3.61. The van der Waals surface area contributed by atoms with Gasteiger partial charge < -0.3 is 4.90 Å². The van der Waals surface area contributed by atoms with Crippen LogP contribution in [-0.2, 0) is 0 Å². The van der Waals surface area contributed by atoms with E-state index < -0.39 is 0 Å². The monoisotopic (exact) mass is 279 g/mol. The van der Waals surface area contributed by atoms with Crippen molar-refractivity contribution in [2.24, 2.45) is 11.8 Å². The lowest BCUT2D eigenvalue weighted by Gasteiger charge is -2.41. The lowest BCUT2D eigenvalue weighted by molar-refractivity contribution is 0.0765. The van der Waals surface area contributed by atoms with Crippen LogP contribution in [0.5, 0.6) is 0 Å². The highest BCUT2D eigenvalue weighted by molar-refractivity contribution is 5.06. The zero-order chi connectivity index (χ0) is 15.2. The van der Waals surface area contributed by atoms with Crippen LogP contribution in [0.1, 0.15) is 60.3 Å². The van der Waals surface area contributed by atoms with Gasteiger partial charge in [0, 0.05) is 12.6 Å². The van der Waals surface area contributed by atoms with E-state index in [1.165, 1.54) is 13.0 Å². The molecule has 0 aliphatic carbocycles. The molecule has 4 unspecified atom stereocenters. The summed E-state index contributed by atoms with van der Waals surface area (Å²) < 4.78 is 0. The zero-order valence-electron chi connectivity index (χ0n) is 14.1. The fourth-order valence-electron chi connectivity index (χ4n) is 3.61. The van der Waals surface area contributed by atoms with E-state index in [4.69, 9.17) is 0 Å². The average Bonchev–Trinajstić information content (AvgIpc) is 2.43. The molecular formula is C17H33N3. The van der Waals surface area contributed by atoms with Gasteiger partial charge in [-0.05, 0) is 57.5 Å². The van der Waals surface area contributed by atoms with Gasteiger partial charge >= 0.3 is 0 Å². The Bertz CT molecular complexity index is 323. The second-order valence-corrected chi connectivity index (χ2v) is 6.74. The molecule has 0 aromatic rings. The maximum Gasteiger partial charge on any atom is 0.106 e. The third-order valence-electron chi connectivity index (χ3n) is 5.10. The molecule has 116 valence electrons. The first-order valence-electron chi connectivity index (χ1n) is 8.38. The van der Waals surface area contributed by atoms with Crippen LogP contribution in [0.3, 0.4) is 0 Å². The van der Waals surface area contributed by atoms with Gasteiger partial charge in [0.2, 0.25) is 0 Å². The third-order valence-corrected chi connectivity index (χ3v) is 5.10. The molecule has 0 bridgehead atoms. The van der Waals surface area contributed by atoms with Gasteiger partial charge in [-0.25, -0.2) is 0 Å². The smallest absolute Gasteiger partial charge is 0.106 e. The van der Waals surface area contributed by atoms with Crippen molar-refractivity contribution in [3.8, 4) is 6.07 Å². The zero-order valence-corrected chi connectivity index (χ0v) is 14.1. The first-order valence-corrected chi connectivity index (χ1v) is 8.38. The lowest BCUT2D eigenvalue weighted by atomic mass is 9.85.